The number of hydrogen-bond donors (Lipinski definition) is 0. The van der Waals surface area contributed by atoms with Crippen LogP contribution in [0.5, 0.6) is 0 Å². The van der Waals surface area contributed by atoms with Gasteiger partial charge in [0.25, 0.3) is 5.91 Å². The third kappa shape index (κ3) is 4.82. The summed E-state index contributed by atoms with van der Waals surface area (Å²) in [6.07, 6.45) is 3.92. The average Bonchev–Trinajstić information content (AvgIpc) is 3.54. The molecule has 0 saturated carbocycles. The fourth-order valence-corrected chi connectivity index (χ4v) is 5.71. The summed E-state index contributed by atoms with van der Waals surface area (Å²) in [5, 5.41) is 5.66. The molecule has 0 bridgehead atoms. The number of benzene rings is 3. The van der Waals surface area contributed by atoms with Gasteiger partial charge in [0.2, 0.25) is 0 Å². The molecule has 37 heavy (non-hydrogen) atoms. The number of aliphatic imine (C=N–C) groups is 1. The minimum atomic E-state index is -0.187. The molecule has 4 aromatic rings. The van der Waals surface area contributed by atoms with E-state index < -0.39 is 0 Å². The van der Waals surface area contributed by atoms with E-state index >= 15 is 0 Å². The second-order valence-corrected chi connectivity index (χ2v) is 10.2. The number of thioether (sulfide) groups is 1. The number of aryl methyl sites for hydroxylation is 1. The van der Waals surface area contributed by atoms with Crippen molar-refractivity contribution in [3.8, 4) is 16.9 Å². The molecule has 3 heterocycles. The van der Waals surface area contributed by atoms with Crippen LogP contribution < -0.4 is 4.90 Å². The van der Waals surface area contributed by atoms with Gasteiger partial charge in [-0.15, -0.1) is 0 Å². The minimum absolute atomic E-state index is 0.187. The number of nitrogens with zero attached hydrogens (tertiary/aromatic N) is 5. The molecule has 0 spiro atoms. The Labute approximate surface area is 220 Å². The zero-order chi connectivity index (χ0) is 25.2. The van der Waals surface area contributed by atoms with Gasteiger partial charge in [0.05, 0.1) is 16.3 Å². The van der Waals surface area contributed by atoms with Gasteiger partial charge in [-0.3, -0.25) is 4.79 Å². The van der Waals surface area contributed by atoms with Crippen molar-refractivity contribution in [1.82, 2.24) is 14.7 Å². The molecule has 6 rings (SSSR count). The number of carbonyl (C=O) groups excluding carboxylic acids is 1. The van der Waals surface area contributed by atoms with Crippen molar-refractivity contribution < 1.29 is 4.79 Å². The van der Waals surface area contributed by atoms with Crippen LogP contribution in [0.4, 0.5) is 5.69 Å². The molecule has 7 heteroatoms. The third-order valence-corrected chi connectivity index (χ3v) is 7.76. The predicted molar refractivity (Wildman–Crippen MR) is 152 cm³/mol. The number of amidine groups is 1. The molecule has 6 nitrogen and oxygen atoms in total. The first-order chi connectivity index (χ1) is 18.2. The average molecular weight is 506 g/mol. The highest BCUT2D eigenvalue weighted by atomic mass is 32.2. The lowest BCUT2D eigenvalue weighted by Crippen LogP contribution is -2.48. The predicted octanol–water partition coefficient (Wildman–Crippen LogP) is 5.64. The molecule has 1 aromatic heterocycles. The fourth-order valence-electron chi connectivity index (χ4n) is 4.76. The summed E-state index contributed by atoms with van der Waals surface area (Å²) in [7, 11) is 0. The number of rotatable bonds is 4. The van der Waals surface area contributed by atoms with Gasteiger partial charge < -0.3 is 9.80 Å². The van der Waals surface area contributed by atoms with Gasteiger partial charge in [-0.25, -0.2) is 4.68 Å². The van der Waals surface area contributed by atoms with E-state index in [1.54, 1.807) is 0 Å². The van der Waals surface area contributed by atoms with Gasteiger partial charge in [0.15, 0.2) is 5.17 Å². The second-order valence-electron chi connectivity index (χ2n) is 9.15. The number of hydrogen-bond acceptors (Lipinski definition) is 5. The maximum Gasteiger partial charge on any atom is 0.286 e. The van der Waals surface area contributed by atoms with Crippen molar-refractivity contribution >= 4 is 34.6 Å². The lowest BCUT2D eigenvalue weighted by Gasteiger charge is -2.37. The molecule has 184 valence electrons. The van der Waals surface area contributed by atoms with Crippen LogP contribution >= 0.6 is 11.8 Å². The van der Waals surface area contributed by atoms with E-state index in [2.05, 4.69) is 46.0 Å². The van der Waals surface area contributed by atoms with Crippen LogP contribution in [0.25, 0.3) is 23.0 Å². The zero-order valence-corrected chi connectivity index (χ0v) is 21.4. The van der Waals surface area contributed by atoms with E-state index in [4.69, 9.17) is 5.10 Å². The largest absolute Gasteiger partial charge is 0.368 e. The first-order valence-corrected chi connectivity index (χ1v) is 13.3. The van der Waals surface area contributed by atoms with E-state index in [1.807, 2.05) is 77.6 Å². The van der Waals surface area contributed by atoms with Crippen molar-refractivity contribution in [1.29, 1.82) is 0 Å². The molecule has 1 saturated heterocycles. The van der Waals surface area contributed by atoms with Crippen molar-refractivity contribution in [2.45, 2.75) is 6.92 Å². The minimum Gasteiger partial charge on any atom is -0.368 e. The van der Waals surface area contributed by atoms with Gasteiger partial charge in [0.1, 0.15) is 0 Å². The maximum atomic E-state index is 12.9. The van der Waals surface area contributed by atoms with E-state index in [-0.39, 0.29) is 5.91 Å². The Bertz CT molecular complexity index is 1480. The number of para-hydroxylation sites is 2. The van der Waals surface area contributed by atoms with Crippen molar-refractivity contribution in [3.63, 3.8) is 0 Å². The first kappa shape index (κ1) is 23.3. The quantitative estimate of drug-likeness (QED) is 0.336. The highest BCUT2D eigenvalue weighted by Gasteiger charge is 2.29. The van der Waals surface area contributed by atoms with Crippen LogP contribution in [-0.2, 0) is 4.79 Å². The number of amides is 1. The Morgan fingerprint density at radius 2 is 1.46 bits per heavy atom. The van der Waals surface area contributed by atoms with Crippen LogP contribution in [-0.4, -0.2) is 51.9 Å². The summed E-state index contributed by atoms with van der Waals surface area (Å²) >= 11 is 1.46. The lowest BCUT2D eigenvalue weighted by molar-refractivity contribution is -0.113. The van der Waals surface area contributed by atoms with Gasteiger partial charge in [-0.1, -0.05) is 66.7 Å². The number of carbonyl (C=O) groups is 1. The highest BCUT2D eigenvalue weighted by molar-refractivity contribution is 8.18. The third-order valence-electron chi connectivity index (χ3n) is 6.71. The Morgan fingerprint density at radius 3 is 2.19 bits per heavy atom. The van der Waals surface area contributed by atoms with Crippen LogP contribution in [0.3, 0.4) is 0 Å². The number of piperazine rings is 1. The Balaban J connectivity index is 1.23. The molecule has 1 fully saturated rings. The summed E-state index contributed by atoms with van der Waals surface area (Å²) < 4.78 is 1.87. The maximum absolute atomic E-state index is 12.9. The van der Waals surface area contributed by atoms with Gasteiger partial charge >= 0.3 is 0 Å². The fraction of sp³-hybridized carbons (Fsp3) is 0.167. The van der Waals surface area contributed by atoms with Crippen LogP contribution in [0, 0.1) is 6.92 Å². The zero-order valence-electron chi connectivity index (χ0n) is 20.6. The molecule has 3 aromatic carbocycles. The molecular formula is C30H27N5OS. The summed E-state index contributed by atoms with van der Waals surface area (Å²) in [5.41, 5.74) is 6.28. The summed E-state index contributed by atoms with van der Waals surface area (Å²) in [5.74, 6) is -0.187. The normalized spacial score (nSPS) is 16.9. The standard InChI is InChI=1S/C30H27N5OS/c1-22-10-8-9-15-26(22)33-16-18-34(19-17-33)30-31-29(36)27(37-30)20-24-21-35(25-13-6-3-7-14-25)32-28(24)23-11-4-2-5-12-23/h2-15,20-21H,16-19H2,1H3. The molecule has 0 unspecified atom stereocenters. The molecule has 0 atom stereocenters. The molecule has 2 aliphatic heterocycles. The highest BCUT2D eigenvalue weighted by Crippen LogP contribution is 2.34. The van der Waals surface area contributed by atoms with Gasteiger partial charge in [-0.2, -0.15) is 10.1 Å². The number of aromatic nitrogens is 2. The second kappa shape index (κ2) is 10.1. The van der Waals surface area contributed by atoms with Crippen LogP contribution in [0.2, 0.25) is 0 Å². The summed E-state index contributed by atoms with van der Waals surface area (Å²) in [6, 6.07) is 28.6. The molecular weight excluding hydrogens is 478 g/mol. The van der Waals surface area contributed by atoms with E-state index in [1.165, 1.54) is 23.0 Å². The number of anilines is 1. The van der Waals surface area contributed by atoms with Crippen LogP contribution in [0.1, 0.15) is 11.1 Å². The monoisotopic (exact) mass is 505 g/mol. The smallest absolute Gasteiger partial charge is 0.286 e. The molecule has 1 amide bonds. The molecule has 2 aliphatic rings. The Hall–Kier alpha value is -4.10. The van der Waals surface area contributed by atoms with Crippen molar-refractivity contribution in [3.05, 3.63) is 107 Å². The van der Waals surface area contributed by atoms with E-state index in [0.717, 1.165) is 53.9 Å². The SMILES string of the molecule is Cc1ccccc1N1CCN(C2=NC(=O)C(=Cc3cn(-c4ccccc4)nc3-c3ccccc3)S2)CC1. The molecule has 0 radical (unpaired) electrons. The van der Waals surface area contributed by atoms with Crippen LogP contribution in [0.15, 0.2) is 101 Å². The van der Waals surface area contributed by atoms with Gasteiger partial charge in [0, 0.05) is 49.2 Å². The summed E-state index contributed by atoms with van der Waals surface area (Å²) in [4.78, 5) is 22.6. The summed E-state index contributed by atoms with van der Waals surface area (Å²) in [6.45, 7) is 5.63. The van der Waals surface area contributed by atoms with E-state index in [9.17, 15) is 4.79 Å². The lowest BCUT2D eigenvalue weighted by atomic mass is 10.1. The Kier molecular flexibility index (Phi) is 6.37. The first-order valence-electron chi connectivity index (χ1n) is 12.4. The van der Waals surface area contributed by atoms with Crippen molar-refractivity contribution in [2.75, 3.05) is 31.1 Å². The molecule has 0 N–H and O–H groups in total. The molecule has 0 aliphatic carbocycles. The Morgan fingerprint density at radius 1 is 0.811 bits per heavy atom. The van der Waals surface area contributed by atoms with E-state index in [0.29, 0.717) is 4.91 Å². The topological polar surface area (TPSA) is 53.7 Å². The van der Waals surface area contributed by atoms with Crippen molar-refractivity contribution in [2.24, 2.45) is 4.99 Å². The van der Waals surface area contributed by atoms with Gasteiger partial charge in [-0.05, 0) is 48.5 Å².